The quantitative estimate of drug-likeness (QED) is 0.933. The van der Waals surface area contributed by atoms with Crippen LogP contribution < -0.4 is 10.1 Å². The minimum atomic E-state index is -0.0795. The van der Waals surface area contributed by atoms with Crippen molar-refractivity contribution in [2.45, 2.75) is 13.8 Å². The number of nitrogens with zero attached hydrogens (tertiary/aromatic N) is 2. The van der Waals surface area contributed by atoms with Gasteiger partial charge in [0, 0.05) is 11.5 Å². The lowest BCUT2D eigenvalue weighted by Gasteiger charge is -2.02. The maximum atomic E-state index is 11.6. The second-order valence-electron chi connectivity index (χ2n) is 4.29. The zero-order valence-electron chi connectivity index (χ0n) is 11.0. The van der Waals surface area contributed by atoms with Gasteiger partial charge in [0.05, 0.1) is 7.11 Å². The summed E-state index contributed by atoms with van der Waals surface area (Å²) in [6.45, 7) is 3.67. The van der Waals surface area contributed by atoms with Crippen molar-refractivity contribution in [3.63, 3.8) is 0 Å². The third-order valence-electron chi connectivity index (χ3n) is 2.50. The number of nitrogens with one attached hydrogen (secondary N) is 1. The normalized spacial score (nSPS) is 10.5. The molecule has 1 aromatic heterocycles. The van der Waals surface area contributed by atoms with Crippen molar-refractivity contribution in [3.8, 4) is 16.3 Å². The predicted octanol–water partition coefficient (Wildman–Crippen LogP) is 2.81. The van der Waals surface area contributed by atoms with Crippen LogP contribution in [0.3, 0.4) is 0 Å². The number of anilines is 1. The lowest BCUT2D eigenvalue weighted by molar-refractivity contribution is -0.118. The molecule has 5 nitrogen and oxygen atoms in total. The van der Waals surface area contributed by atoms with Gasteiger partial charge in [-0.05, 0) is 12.1 Å². The van der Waals surface area contributed by atoms with E-state index in [1.165, 1.54) is 11.3 Å². The van der Waals surface area contributed by atoms with Crippen molar-refractivity contribution in [3.05, 3.63) is 24.3 Å². The number of amides is 1. The predicted molar refractivity (Wildman–Crippen MR) is 75.4 cm³/mol. The Labute approximate surface area is 115 Å². The number of rotatable bonds is 4. The highest BCUT2D eigenvalue weighted by Crippen LogP contribution is 2.28. The molecule has 0 aliphatic rings. The number of carbonyl (C=O) groups is 1. The third kappa shape index (κ3) is 3.29. The number of methoxy groups -OCH3 is 1. The first-order valence-electron chi connectivity index (χ1n) is 5.89. The van der Waals surface area contributed by atoms with Gasteiger partial charge in [-0.3, -0.25) is 4.79 Å². The van der Waals surface area contributed by atoms with Crippen LogP contribution in [0.15, 0.2) is 24.3 Å². The Balaban J connectivity index is 2.18. The van der Waals surface area contributed by atoms with Gasteiger partial charge in [-0.1, -0.05) is 37.3 Å². The Morgan fingerprint density at radius 2 is 2.16 bits per heavy atom. The minimum absolute atomic E-state index is 0.0617. The lowest BCUT2D eigenvalue weighted by atomic mass is 10.2. The van der Waals surface area contributed by atoms with Crippen LogP contribution in [-0.2, 0) is 4.79 Å². The highest BCUT2D eigenvalue weighted by atomic mass is 32.1. The van der Waals surface area contributed by atoms with Gasteiger partial charge in [-0.2, -0.15) is 0 Å². The summed E-state index contributed by atoms with van der Waals surface area (Å²) in [6, 6.07) is 7.57. The van der Waals surface area contributed by atoms with Crippen molar-refractivity contribution >= 4 is 22.4 Å². The van der Waals surface area contributed by atoms with Crippen LogP contribution in [0.2, 0.25) is 0 Å². The van der Waals surface area contributed by atoms with Crippen LogP contribution in [0.5, 0.6) is 5.75 Å². The number of ether oxygens (including phenoxy) is 1. The maximum absolute atomic E-state index is 11.6. The average molecular weight is 277 g/mol. The fraction of sp³-hybridized carbons (Fsp3) is 0.308. The fourth-order valence-corrected chi connectivity index (χ4v) is 2.14. The molecular weight excluding hydrogens is 262 g/mol. The van der Waals surface area contributed by atoms with Gasteiger partial charge in [-0.25, -0.2) is 0 Å². The molecule has 1 N–H and O–H groups in total. The minimum Gasteiger partial charge on any atom is -0.497 e. The van der Waals surface area contributed by atoms with E-state index in [4.69, 9.17) is 4.74 Å². The van der Waals surface area contributed by atoms with Gasteiger partial charge < -0.3 is 10.1 Å². The monoisotopic (exact) mass is 277 g/mol. The summed E-state index contributed by atoms with van der Waals surface area (Å²) in [5.74, 6) is 0.623. The fourth-order valence-electron chi connectivity index (χ4n) is 1.40. The van der Waals surface area contributed by atoms with Crippen molar-refractivity contribution in [2.75, 3.05) is 12.4 Å². The molecule has 0 bridgehead atoms. The van der Waals surface area contributed by atoms with Crippen LogP contribution in [-0.4, -0.2) is 23.2 Å². The van der Waals surface area contributed by atoms with E-state index in [1.54, 1.807) is 7.11 Å². The molecule has 0 saturated carbocycles. The van der Waals surface area contributed by atoms with E-state index in [1.807, 2.05) is 38.1 Å². The van der Waals surface area contributed by atoms with Crippen LogP contribution in [0, 0.1) is 5.92 Å². The number of hydrogen-bond acceptors (Lipinski definition) is 5. The van der Waals surface area contributed by atoms with Gasteiger partial charge in [0.15, 0.2) is 0 Å². The summed E-state index contributed by atoms with van der Waals surface area (Å²) in [7, 11) is 1.62. The first kappa shape index (κ1) is 13.5. The summed E-state index contributed by atoms with van der Waals surface area (Å²) < 4.78 is 5.17. The molecule has 1 aromatic carbocycles. The smallest absolute Gasteiger partial charge is 0.228 e. The average Bonchev–Trinajstić information content (AvgIpc) is 2.87. The highest BCUT2D eigenvalue weighted by Gasteiger charge is 2.12. The van der Waals surface area contributed by atoms with Gasteiger partial charge in [-0.15, -0.1) is 10.2 Å². The zero-order valence-corrected chi connectivity index (χ0v) is 11.8. The molecule has 0 atom stereocenters. The van der Waals surface area contributed by atoms with Gasteiger partial charge >= 0.3 is 0 Å². The van der Waals surface area contributed by atoms with Crippen molar-refractivity contribution < 1.29 is 9.53 Å². The molecular formula is C13H15N3O2S. The largest absolute Gasteiger partial charge is 0.497 e. The molecule has 1 heterocycles. The van der Waals surface area contributed by atoms with Crippen LogP contribution in [0.4, 0.5) is 5.13 Å². The van der Waals surface area contributed by atoms with Gasteiger partial charge in [0.1, 0.15) is 10.8 Å². The summed E-state index contributed by atoms with van der Waals surface area (Å²) in [6.07, 6.45) is 0. The lowest BCUT2D eigenvalue weighted by Crippen LogP contribution is -2.17. The number of aromatic nitrogens is 2. The first-order chi connectivity index (χ1) is 9.10. The van der Waals surface area contributed by atoms with Crippen molar-refractivity contribution in [1.29, 1.82) is 0 Å². The third-order valence-corrected chi connectivity index (χ3v) is 3.38. The summed E-state index contributed by atoms with van der Waals surface area (Å²) in [4.78, 5) is 11.6. The summed E-state index contributed by atoms with van der Waals surface area (Å²) in [5.41, 5.74) is 0.918. The molecule has 0 radical (unpaired) electrons. The second kappa shape index (κ2) is 5.79. The summed E-state index contributed by atoms with van der Waals surface area (Å²) >= 11 is 1.34. The van der Waals surface area contributed by atoms with Crippen LogP contribution in [0.1, 0.15) is 13.8 Å². The molecule has 0 aliphatic heterocycles. The Morgan fingerprint density at radius 1 is 1.37 bits per heavy atom. The molecule has 19 heavy (non-hydrogen) atoms. The number of carbonyl (C=O) groups excluding carboxylic acids is 1. The number of hydrogen-bond donors (Lipinski definition) is 1. The highest BCUT2D eigenvalue weighted by molar-refractivity contribution is 7.18. The molecule has 0 unspecified atom stereocenters. The number of benzene rings is 1. The molecule has 0 aliphatic carbocycles. The van der Waals surface area contributed by atoms with E-state index in [-0.39, 0.29) is 11.8 Å². The van der Waals surface area contributed by atoms with Crippen LogP contribution >= 0.6 is 11.3 Å². The van der Waals surface area contributed by atoms with Crippen molar-refractivity contribution in [2.24, 2.45) is 5.92 Å². The van der Waals surface area contributed by atoms with E-state index in [0.717, 1.165) is 16.3 Å². The van der Waals surface area contributed by atoms with E-state index in [2.05, 4.69) is 15.5 Å². The molecule has 0 fully saturated rings. The second-order valence-corrected chi connectivity index (χ2v) is 5.27. The van der Waals surface area contributed by atoms with Crippen LogP contribution in [0.25, 0.3) is 10.6 Å². The van der Waals surface area contributed by atoms with E-state index in [9.17, 15) is 4.79 Å². The molecule has 0 saturated heterocycles. The Kier molecular flexibility index (Phi) is 4.11. The van der Waals surface area contributed by atoms with Gasteiger partial charge in [0.2, 0.25) is 11.0 Å². The van der Waals surface area contributed by atoms with Gasteiger partial charge in [0.25, 0.3) is 0 Å². The van der Waals surface area contributed by atoms with Crippen molar-refractivity contribution in [1.82, 2.24) is 10.2 Å². The molecule has 2 aromatic rings. The molecule has 100 valence electrons. The SMILES string of the molecule is COc1cccc(-c2nnc(NC(=O)C(C)C)s2)c1. The Morgan fingerprint density at radius 3 is 2.84 bits per heavy atom. The standard InChI is InChI=1S/C13H15N3O2S/c1-8(2)11(17)14-13-16-15-12(19-13)9-5-4-6-10(7-9)18-3/h4-8H,1-3H3,(H,14,16,17). The first-order valence-corrected chi connectivity index (χ1v) is 6.70. The zero-order chi connectivity index (χ0) is 13.8. The molecule has 0 spiro atoms. The maximum Gasteiger partial charge on any atom is 0.228 e. The molecule has 2 rings (SSSR count). The summed E-state index contributed by atoms with van der Waals surface area (Å²) in [5, 5.41) is 12.0. The van der Waals surface area contributed by atoms with E-state index in [0.29, 0.717) is 5.13 Å². The van der Waals surface area contributed by atoms with E-state index < -0.39 is 0 Å². The Bertz CT molecular complexity index is 581. The molecule has 6 heteroatoms. The van der Waals surface area contributed by atoms with E-state index >= 15 is 0 Å². The topological polar surface area (TPSA) is 64.1 Å². The molecule has 1 amide bonds. The Hall–Kier alpha value is -1.95.